The summed E-state index contributed by atoms with van der Waals surface area (Å²) in [6, 6.07) is 4.02. The molecule has 0 aliphatic heterocycles. The molecule has 3 heteroatoms. The molecule has 1 aromatic carbocycles. The van der Waals surface area contributed by atoms with Crippen LogP contribution in [0.3, 0.4) is 0 Å². The summed E-state index contributed by atoms with van der Waals surface area (Å²) in [7, 11) is 3.32. The molecule has 1 unspecified atom stereocenters. The first-order valence-corrected chi connectivity index (χ1v) is 6.02. The Morgan fingerprint density at radius 3 is 2.61 bits per heavy atom. The summed E-state index contributed by atoms with van der Waals surface area (Å²) < 4.78 is 10.8. The maximum Gasteiger partial charge on any atom is 0.160 e. The van der Waals surface area contributed by atoms with E-state index in [4.69, 9.17) is 9.47 Å². The number of benzene rings is 1. The Morgan fingerprint density at radius 1 is 1.28 bits per heavy atom. The van der Waals surface area contributed by atoms with Crippen molar-refractivity contribution in [2.24, 2.45) is 0 Å². The lowest BCUT2D eigenvalue weighted by atomic mass is 9.88. The standard InChI is InChI=1S/C15H18O3/c1-9-5-12(16)6-11-7-15(18-4)14(8-13(9)11)10(2)17-3/h5,7-8,10H,6H2,1-4H3. The summed E-state index contributed by atoms with van der Waals surface area (Å²) in [5.41, 5.74) is 4.17. The van der Waals surface area contributed by atoms with Gasteiger partial charge in [0.25, 0.3) is 0 Å². The summed E-state index contributed by atoms with van der Waals surface area (Å²) >= 11 is 0. The van der Waals surface area contributed by atoms with Crippen molar-refractivity contribution in [2.45, 2.75) is 26.4 Å². The first-order valence-electron chi connectivity index (χ1n) is 6.02. The van der Waals surface area contributed by atoms with Crippen molar-refractivity contribution < 1.29 is 14.3 Å². The minimum atomic E-state index is -0.0318. The molecule has 96 valence electrons. The van der Waals surface area contributed by atoms with Crippen LogP contribution < -0.4 is 4.74 Å². The molecule has 0 saturated carbocycles. The quantitative estimate of drug-likeness (QED) is 0.822. The third-order valence-electron chi connectivity index (χ3n) is 3.41. The van der Waals surface area contributed by atoms with Gasteiger partial charge < -0.3 is 9.47 Å². The van der Waals surface area contributed by atoms with Crippen LogP contribution in [0, 0.1) is 0 Å². The van der Waals surface area contributed by atoms with Crippen molar-refractivity contribution in [1.29, 1.82) is 0 Å². The summed E-state index contributed by atoms with van der Waals surface area (Å²) in [5.74, 6) is 0.931. The number of methoxy groups -OCH3 is 2. The first-order chi connectivity index (χ1) is 8.56. The van der Waals surface area contributed by atoms with Crippen LogP contribution >= 0.6 is 0 Å². The summed E-state index contributed by atoms with van der Waals surface area (Å²) in [6.45, 7) is 3.95. The second-order valence-corrected chi connectivity index (χ2v) is 4.60. The predicted octanol–water partition coefficient (Wildman–Crippen LogP) is 2.93. The highest BCUT2D eigenvalue weighted by Crippen LogP contribution is 2.35. The smallest absolute Gasteiger partial charge is 0.160 e. The van der Waals surface area contributed by atoms with Gasteiger partial charge in [0.15, 0.2) is 5.78 Å². The van der Waals surface area contributed by atoms with Gasteiger partial charge in [0.1, 0.15) is 5.75 Å². The van der Waals surface area contributed by atoms with Crippen molar-refractivity contribution in [3.63, 3.8) is 0 Å². The SMILES string of the molecule is COc1cc2c(cc1C(C)OC)C(C)=CC(=O)C2. The van der Waals surface area contributed by atoms with Crippen LogP contribution in [0.15, 0.2) is 18.2 Å². The number of allylic oxidation sites excluding steroid dienone is 2. The Balaban J connectivity index is 2.57. The van der Waals surface area contributed by atoms with Crippen LogP contribution in [0.5, 0.6) is 5.75 Å². The Morgan fingerprint density at radius 2 is 2.00 bits per heavy atom. The molecule has 0 aromatic heterocycles. The Hall–Kier alpha value is -1.61. The molecule has 0 N–H and O–H groups in total. The van der Waals surface area contributed by atoms with E-state index in [2.05, 4.69) is 6.07 Å². The average molecular weight is 246 g/mol. The van der Waals surface area contributed by atoms with Gasteiger partial charge in [-0.2, -0.15) is 0 Å². The normalized spacial score (nSPS) is 16.0. The van der Waals surface area contributed by atoms with E-state index < -0.39 is 0 Å². The van der Waals surface area contributed by atoms with E-state index >= 15 is 0 Å². The van der Waals surface area contributed by atoms with E-state index in [1.165, 1.54) is 0 Å². The predicted molar refractivity (Wildman–Crippen MR) is 70.8 cm³/mol. The van der Waals surface area contributed by atoms with Crippen LogP contribution in [0.25, 0.3) is 5.57 Å². The van der Waals surface area contributed by atoms with Gasteiger partial charge in [-0.1, -0.05) is 0 Å². The fraction of sp³-hybridized carbons (Fsp3) is 0.400. The lowest BCUT2D eigenvalue weighted by Crippen LogP contribution is -2.10. The van der Waals surface area contributed by atoms with Gasteiger partial charge >= 0.3 is 0 Å². The van der Waals surface area contributed by atoms with Gasteiger partial charge in [0.2, 0.25) is 0 Å². The zero-order valence-electron chi connectivity index (χ0n) is 11.2. The molecule has 18 heavy (non-hydrogen) atoms. The number of hydrogen-bond donors (Lipinski definition) is 0. The van der Waals surface area contributed by atoms with E-state index in [1.54, 1.807) is 20.3 Å². The van der Waals surface area contributed by atoms with Gasteiger partial charge in [0.05, 0.1) is 13.2 Å². The molecule has 1 aliphatic carbocycles. The number of ketones is 1. The van der Waals surface area contributed by atoms with Gasteiger partial charge in [-0.3, -0.25) is 4.79 Å². The van der Waals surface area contributed by atoms with Crippen LogP contribution in [-0.2, 0) is 16.0 Å². The molecule has 0 bridgehead atoms. The molecule has 0 spiro atoms. The van der Waals surface area contributed by atoms with Crippen LogP contribution in [0.1, 0.15) is 36.6 Å². The highest BCUT2D eigenvalue weighted by Gasteiger charge is 2.20. The van der Waals surface area contributed by atoms with Gasteiger partial charge in [0, 0.05) is 19.1 Å². The highest BCUT2D eigenvalue weighted by atomic mass is 16.5. The minimum absolute atomic E-state index is 0.0318. The molecule has 0 fully saturated rings. The maximum absolute atomic E-state index is 11.6. The fourth-order valence-corrected chi connectivity index (χ4v) is 2.33. The Kier molecular flexibility index (Phi) is 3.53. The van der Waals surface area contributed by atoms with Crippen molar-refractivity contribution >= 4 is 11.4 Å². The molecule has 0 radical (unpaired) electrons. The third kappa shape index (κ3) is 2.18. The van der Waals surface area contributed by atoms with Crippen molar-refractivity contribution in [1.82, 2.24) is 0 Å². The second-order valence-electron chi connectivity index (χ2n) is 4.60. The van der Waals surface area contributed by atoms with Crippen molar-refractivity contribution in [3.05, 3.63) is 34.9 Å². The zero-order chi connectivity index (χ0) is 13.3. The third-order valence-corrected chi connectivity index (χ3v) is 3.41. The molecule has 0 heterocycles. The summed E-state index contributed by atoms with van der Waals surface area (Å²) in [5, 5.41) is 0. The van der Waals surface area contributed by atoms with Crippen molar-refractivity contribution in [2.75, 3.05) is 14.2 Å². The van der Waals surface area contributed by atoms with E-state index in [0.717, 1.165) is 28.0 Å². The molecule has 3 nitrogen and oxygen atoms in total. The number of hydrogen-bond acceptors (Lipinski definition) is 3. The molecule has 1 aliphatic rings. The summed E-state index contributed by atoms with van der Waals surface area (Å²) in [4.78, 5) is 11.6. The Labute approximate surface area is 107 Å². The molecular weight excluding hydrogens is 228 g/mol. The van der Waals surface area contributed by atoms with Crippen LogP contribution in [0.2, 0.25) is 0 Å². The molecule has 0 saturated heterocycles. The fourth-order valence-electron chi connectivity index (χ4n) is 2.33. The maximum atomic E-state index is 11.6. The van der Waals surface area contributed by atoms with E-state index in [1.807, 2.05) is 19.9 Å². The lowest BCUT2D eigenvalue weighted by molar-refractivity contribution is -0.114. The van der Waals surface area contributed by atoms with Crippen LogP contribution in [0.4, 0.5) is 0 Å². The Bertz CT molecular complexity index is 515. The molecule has 1 atom stereocenters. The number of rotatable bonds is 3. The molecular formula is C15H18O3. The van der Waals surface area contributed by atoms with Crippen molar-refractivity contribution in [3.8, 4) is 5.75 Å². The minimum Gasteiger partial charge on any atom is -0.496 e. The van der Waals surface area contributed by atoms with Gasteiger partial charge in [-0.25, -0.2) is 0 Å². The average Bonchev–Trinajstić information content (AvgIpc) is 2.36. The second kappa shape index (κ2) is 4.94. The topological polar surface area (TPSA) is 35.5 Å². The molecule has 0 amide bonds. The molecule has 1 aromatic rings. The highest BCUT2D eigenvalue weighted by molar-refractivity contribution is 6.01. The zero-order valence-corrected chi connectivity index (χ0v) is 11.2. The first kappa shape index (κ1) is 12.8. The number of carbonyl (C=O) groups excluding carboxylic acids is 1. The van der Waals surface area contributed by atoms with Gasteiger partial charge in [-0.05, 0) is 48.8 Å². The number of fused-ring (bicyclic) bond motifs is 1. The van der Waals surface area contributed by atoms with Crippen LogP contribution in [-0.4, -0.2) is 20.0 Å². The van der Waals surface area contributed by atoms with E-state index in [0.29, 0.717) is 6.42 Å². The van der Waals surface area contributed by atoms with E-state index in [-0.39, 0.29) is 11.9 Å². The monoisotopic (exact) mass is 246 g/mol. The van der Waals surface area contributed by atoms with Gasteiger partial charge in [-0.15, -0.1) is 0 Å². The number of carbonyl (C=O) groups is 1. The lowest BCUT2D eigenvalue weighted by Gasteiger charge is -2.21. The largest absolute Gasteiger partial charge is 0.496 e. The molecule has 2 rings (SSSR count). The van der Waals surface area contributed by atoms with E-state index in [9.17, 15) is 4.79 Å². The number of ether oxygens (including phenoxy) is 2. The summed E-state index contributed by atoms with van der Waals surface area (Å²) in [6.07, 6.45) is 2.12.